The third kappa shape index (κ3) is 2.75. The largest absolute Gasteiger partial charge is 0.454 e. The zero-order valence-corrected chi connectivity index (χ0v) is 14.1. The molecule has 4 aromatic rings. The van der Waals surface area contributed by atoms with Gasteiger partial charge in [-0.25, -0.2) is 9.97 Å². The lowest BCUT2D eigenvalue weighted by atomic mass is 10.1. The van der Waals surface area contributed by atoms with Gasteiger partial charge >= 0.3 is 0 Å². The highest BCUT2D eigenvalue weighted by Crippen LogP contribution is 2.33. The number of amides is 1. The van der Waals surface area contributed by atoms with Gasteiger partial charge in [0.25, 0.3) is 5.91 Å². The quantitative estimate of drug-likeness (QED) is 0.607. The topological polar surface area (TPSA) is 78.3 Å². The maximum atomic E-state index is 12.7. The van der Waals surface area contributed by atoms with Crippen molar-refractivity contribution in [3.05, 3.63) is 72.8 Å². The van der Waals surface area contributed by atoms with Crippen LogP contribution in [0, 0.1) is 0 Å². The number of aromatic nitrogens is 3. The molecule has 1 aliphatic rings. The molecule has 0 bridgehead atoms. The Hall–Kier alpha value is -3.87. The third-order valence-corrected chi connectivity index (χ3v) is 4.36. The van der Waals surface area contributed by atoms with E-state index in [9.17, 15) is 4.79 Å². The monoisotopic (exact) mass is 358 g/mol. The van der Waals surface area contributed by atoms with Crippen LogP contribution < -0.4 is 14.8 Å². The van der Waals surface area contributed by atoms with Gasteiger partial charge in [0.2, 0.25) is 6.79 Å². The molecule has 132 valence electrons. The minimum atomic E-state index is -0.240. The zero-order valence-electron chi connectivity index (χ0n) is 14.1. The Kier molecular flexibility index (Phi) is 3.50. The van der Waals surface area contributed by atoms with E-state index in [0.717, 1.165) is 11.2 Å². The van der Waals surface area contributed by atoms with Gasteiger partial charge in [0.15, 0.2) is 11.5 Å². The maximum Gasteiger partial charge on any atom is 0.255 e. The zero-order chi connectivity index (χ0) is 18.2. The normalized spacial score (nSPS) is 12.3. The lowest BCUT2D eigenvalue weighted by Gasteiger charge is -2.10. The van der Waals surface area contributed by atoms with Crippen LogP contribution in [0.4, 0.5) is 5.69 Å². The second-order valence-corrected chi connectivity index (χ2v) is 6.04. The number of imidazole rings is 1. The molecule has 27 heavy (non-hydrogen) atoms. The fraction of sp³-hybridized carbons (Fsp3) is 0.0500. The first-order chi connectivity index (χ1) is 13.3. The first-order valence-electron chi connectivity index (χ1n) is 8.37. The summed E-state index contributed by atoms with van der Waals surface area (Å²) in [4.78, 5) is 21.5. The van der Waals surface area contributed by atoms with E-state index in [1.807, 2.05) is 41.1 Å². The van der Waals surface area contributed by atoms with Crippen LogP contribution in [0.5, 0.6) is 11.5 Å². The molecular weight excluding hydrogens is 344 g/mol. The van der Waals surface area contributed by atoms with Crippen molar-refractivity contribution in [3.8, 4) is 17.3 Å². The van der Waals surface area contributed by atoms with Crippen LogP contribution in [-0.2, 0) is 0 Å². The van der Waals surface area contributed by atoms with Gasteiger partial charge in [-0.1, -0.05) is 12.1 Å². The van der Waals surface area contributed by atoms with E-state index < -0.39 is 0 Å². The smallest absolute Gasteiger partial charge is 0.255 e. The second-order valence-electron chi connectivity index (χ2n) is 6.04. The number of carbonyl (C=O) groups excluding carboxylic acids is 1. The predicted molar refractivity (Wildman–Crippen MR) is 99.4 cm³/mol. The lowest BCUT2D eigenvalue weighted by molar-refractivity contribution is 0.102. The summed E-state index contributed by atoms with van der Waals surface area (Å²) in [6.07, 6.45) is 5.20. The molecule has 2 aromatic carbocycles. The Morgan fingerprint density at radius 3 is 2.89 bits per heavy atom. The molecule has 5 rings (SSSR count). The van der Waals surface area contributed by atoms with Crippen LogP contribution in [0.25, 0.3) is 16.7 Å². The van der Waals surface area contributed by atoms with Gasteiger partial charge in [-0.05, 0) is 36.4 Å². The summed E-state index contributed by atoms with van der Waals surface area (Å²) in [6.45, 7) is 0.171. The summed E-state index contributed by atoms with van der Waals surface area (Å²) in [5.74, 6) is 1.70. The Labute approximate surface area is 154 Å². The third-order valence-electron chi connectivity index (χ3n) is 4.36. The molecule has 0 saturated carbocycles. The van der Waals surface area contributed by atoms with Crippen molar-refractivity contribution in [1.29, 1.82) is 0 Å². The molecular formula is C20H14N4O3. The van der Waals surface area contributed by atoms with E-state index in [2.05, 4.69) is 15.3 Å². The Morgan fingerprint density at radius 2 is 2.00 bits per heavy atom. The summed E-state index contributed by atoms with van der Waals surface area (Å²) in [5.41, 5.74) is 1.83. The van der Waals surface area contributed by atoms with E-state index in [1.165, 1.54) is 0 Å². The van der Waals surface area contributed by atoms with Crippen LogP contribution in [0.2, 0.25) is 0 Å². The minimum absolute atomic E-state index is 0.171. The van der Waals surface area contributed by atoms with E-state index in [0.29, 0.717) is 28.3 Å². The number of anilines is 1. The number of hydrogen-bond acceptors (Lipinski definition) is 5. The molecule has 1 amide bonds. The van der Waals surface area contributed by atoms with Crippen molar-refractivity contribution in [2.75, 3.05) is 12.1 Å². The number of rotatable bonds is 3. The molecule has 0 unspecified atom stereocenters. The Morgan fingerprint density at radius 1 is 1.07 bits per heavy atom. The van der Waals surface area contributed by atoms with E-state index >= 15 is 0 Å². The summed E-state index contributed by atoms with van der Waals surface area (Å²) >= 11 is 0. The number of nitrogens with zero attached hydrogens (tertiary/aromatic N) is 3. The number of pyridine rings is 1. The molecule has 7 nitrogen and oxygen atoms in total. The fourth-order valence-corrected chi connectivity index (χ4v) is 3.01. The number of hydrogen-bond donors (Lipinski definition) is 1. The molecule has 1 aliphatic heterocycles. The standard InChI is InChI=1S/C20H14N4O3/c25-20(14-4-6-16-17(10-14)27-12-26-16)22-15-3-1-2-13-5-7-18(23-19(13)15)24-9-8-21-11-24/h1-11H,12H2,(H,22,25). The highest BCUT2D eigenvalue weighted by Gasteiger charge is 2.17. The van der Waals surface area contributed by atoms with Crippen LogP contribution >= 0.6 is 0 Å². The van der Waals surface area contributed by atoms with Crippen molar-refractivity contribution in [2.45, 2.75) is 0 Å². The molecule has 0 saturated heterocycles. The van der Waals surface area contributed by atoms with E-state index in [1.54, 1.807) is 30.7 Å². The predicted octanol–water partition coefficient (Wildman–Crippen LogP) is 3.40. The lowest BCUT2D eigenvalue weighted by Crippen LogP contribution is -2.12. The van der Waals surface area contributed by atoms with Crippen molar-refractivity contribution in [2.24, 2.45) is 0 Å². The molecule has 7 heteroatoms. The second kappa shape index (κ2) is 6.14. The highest BCUT2D eigenvalue weighted by molar-refractivity contribution is 6.08. The van der Waals surface area contributed by atoms with Gasteiger partial charge < -0.3 is 14.8 Å². The first kappa shape index (κ1) is 15.4. The number of ether oxygens (including phenoxy) is 2. The molecule has 3 heterocycles. The van der Waals surface area contributed by atoms with Gasteiger partial charge in [0.1, 0.15) is 12.1 Å². The number of carbonyl (C=O) groups is 1. The van der Waals surface area contributed by atoms with Crippen LogP contribution in [-0.4, -0.2) is 27.2 Å². The molecule has 0 spiro atoms. The SMILES string of the molecule is O=C(Nc1cccc2ccc(-n3ccnc3)nc12)c1ccc2c(c1)OCO2. The number of benzene rings is 2. The van der Waals surface area contributed by atoms with E-state index in [4.69, 9.17) is 9.47 Å². The molecule has 0 atom stereocenters. The van der Waals surface area contributed by atoms with Crippen LogP contribution in [0.15, 0.2) is 67.3 Å². The van der Waals surface area contributed by atoms with E-state index in [-0.39, 0.29) is 12.7 Å². The number of fused-ring (bicyclic) bond motifs is 2. The molecule has 0 aliphatic carbocycles. The first-order valence-corrected chi connectivity index (χ1v) is 8.37. The van der Waals surface area contributed by atoms with Gasteiger partial charge in [-0.2, -0.15) is 0 Å². The highest BCUT2D eigenvalue weighted by atomic mass is 16.7. The van der Waals surface area contributed by atoms with Gasteiger partial charge in [-0.15, -0.1) is 0 Å². The Bertz CT molecular complexity index is 1160. The van der Waals surface area contributed by atoms with Gasteiger partial charge in [-0.3, -0.25) is 9.36 Å². The van der Waals surface area contributed by atoms with Crippen LogP contribution in [0.1, 0.15) is 10.4 Å². The number of para-hydroxylation sites is 1. The Balaban J connectivity index is 1.50. The molecule has 0 radical (unpaired) electrons. The number of nitrogens with one attached hydrogen (secondary N) is 1. The average Bonchev–Trinajstić information content (AvgIpc) is 3.39. The summed E-state index contributed by atoms with van der Waals surface area (Å²) in [7, 11) is 0. The molecule has 1 N–H and O–H groups in total. The van der Waals surface area contributed by atoms with Gasteiger partial charge in [0, 0.05) is 23.3 Å². The van der Waals surface area contributed by atoms with Crippen LogP contribution in [0.3, 0.4) is 0 Å². The summed E-state index contributed by atoms with van der Waals surface area (Å²) < 4.78 is 12.4. The average molecular weight is 358 g/mol. The minimum Gasteiger partial charge on any atom is -0.454 e. The van der Waals surface area contributed by atoms with Crippen molar-refractivity contribution in [1.82, 2.24) is 14.5 Å². The molecule has 0 fully saturated rings. The molecule has 2 aromatic heterocycles. The van der Waals surface area contributed by atoms with Crippen molar-refractivity contribution < 1.29 is 14.3 Å². The maximum absolute atomic E-state index is 12.7. The van der Waals surface area contributed by atoms with Crippen molar-refractivity contribution in [3.63, 3.8) is 0 Å². The summed E-state index contributed by atoms with van der Waals surface area (Å²) in [5, 5.41) is 3.87. The summed E-state index contributed by atoms with van der Waals surface area (Å²) in [6, 6.07) is 14.7. The van der Waals surface area contributed by atoms with Crippen molar-refractivity contribution >= 4 is 22.5 Å². The van der Waals surface area contributed by atoms with Gasteiger partial charge in [0.05, 0.1) is 11.2 Å². The fourth-order valence-electron chi connectivity index (χ4n) is 3.01.